The molecule has 2 N–H and O–H groups in total. The van der Waals surface area contributed by atoms with Gasteiger partial charge < -0.3 is 15.4 Å². The second-order valence-corrected chi connectivity index (χ2v) is 6.94. The van der Waals surface area contributed by atoms with Crippen LogP contribution in [0.4, 0.5) is 11.4 Å². The summed E-state index contributed by atoms with van der Waals surface area (Å²) in [6.45, 7) is 1.69. The molecule has 1 heterocycles. The monoisotopic (exact) mass is 356 g/mol. The van der Waals surface area contributed by atoms with Gasteiger partial charge in [0, 0.05) is 10.7 Å². The molecule has 0 aromatic heterocycles. The normalized spacial score (nSPS) is 20.1. The van der Waals surface area contributed by atoms with Crippen LogP contribution in [0, 0.1) is 0 Å². The van der Waals surface area contributed by atoms with Crippen LogP contribution in [-0.2, 0) is 15.0 Å². The highest BCUT2D eigenvalue weighted by Crippen LogP contribution is 2.49. The molecule has 4 rings (SSSR count). The van der Waals surface area contributed by atoms with Gasteiger partial charge in [0.1, 0.15) is 5.75 Å². The number of fused-ring (bicyclic) bond motifs is 1. The molecule has 2 aliphatic rings. The number of benzene rings is 2. The van der Waals surface area contributed by atoms with E-state index in [2.05, 4.69) is 10.6 Å². The number of hydrogen-bond donors (Lipinski definition) is 2. The summed E-state index contributed by atoms with van der Waals surface area (Å²) < 4.78 is 5.53. The van der Waals surface area contributed by atoms with Gasteiger partial charge in [-0.15, -0.1) is 0 Å². The van der Waals surface area contributed by atoms with E-state index in [1.165, 1.54) is 0 Å². The maximum absolute atomic E-state index is 12.8. The number of hydrogen-bond acceptors (Lipinski definition) is 3. The number of amides is 2. The number of halogens is 1. The summed E-state index contributed by atoms with van der Waals surface area (Å²) >= 11 is 5.93. The van der Waals surface area contributed by atoms with Crippen LogP contribution in [0.3, 0.4) is 0 Å². The maximum Gasteiger partial charge on any atom is 0.265 e. The SMILES string of the molecule is CC1Oc2ccc(NC(=O)C3(c4ccc(Cl)cc4)CC3)cc2NC1=O. The van der Waals surface area contributed by atoms with E-state index in [1.54, 1.807) is 37.3 Å². The van der Waals surface area contributed by atoms with Crippen LogP contribution in [0.1, 0.15) is 25.3 Å². The summed E-state index contributed by atoms with van der Waals surface area (Å²) in [4.78, 5) is 24.5. The average molecular weight is 357 g/mol. The van der Waals surface area contributed by atoms with E-state index < -0.39 is 11.5 Å². The van der Waals surface area contributed by atoms with E-state index in [0.717, 1.165) is 18.4 Å². The lowest BCUT2D eigenvalue weighted by molar-refractivity contribution is -0.122. The van der Waals surface area contributed by atoms with Crippen molar-refractivity contribution in [3.63, 3.8) is 0 Å². The van der Waals surface area contributed by atoms with E-state index in [-0.39, 0.29) is 11.8 Å². The van der Waals surface area contributed by atoms with Crippen LogP contribution < -0.4 is 15.4 Å². The lowest BCUT2D eigenvalue weighted by atomic mass is 9.95. The Morgan fingerprint density at radius 3 is 2.64 bits per heavy atom. The number of ether oxygens (including phenoxy) is 1. The molecule has 0 bridgehead atoms. The first-order valence-corrected chi connectivity index (χ1v) is 8.55. The van der Waals surface area contributed by atoms with Crippen molar-refractivity contribution in [1.82, 2.24) is 0 Å². The fourth-order valence-corrected chi connectivity index (χ4v) is 3.20. The lowest BCUT2D eigenvalue weighted by Gasteiger charge is -2.24. The lowest BCUT2D eigenvalue weighted by Crippen LogP contribution is -2.34. The molecule has 1 unspecified atom stereocenters. The molecular weight excluding hydrogens is 340 g/mol. The molecule has 5 nitrogen and oxygen atoms in total. The van der Waals surface area contributed by atoms with Gasteiger partial charge in [-0.2, -0.15) is 0 Å². The molecular formula is C19H17ClN2O3. The van der Waals surface area contributed by atoms with Crippen molar-refractivity contribution in [3.8, 4) is 5.75 Å². The molecule has 1 saturated carbocycles. The first-order valence-electron chi connectivity index (χ1n) is 8.17. The zero-order chi connectivity index (χ0) is 17.6. The minimum Gasteiger partial charge on any atom is -0.479 e. The third kappa shape index (κ3) is 2.85. The van der Waals surface area contributed by atoms with Crippen LogP contribution >= 0.6 is 11.6 Å². The van der Waals surface area contributed by atoms with Crippen LogP contribution in [0.2, 0.25) is 5.02 Å². The van der Waals surface area contributed by atoms with Gasteiger partial charge in [0.2, 0.25) is 5.91 Å². The van der Waals surface area contributed by atoms with Crippen LogP contribution in [0.5, 0.6) is 5.75 Å². The molecule has 2 aromatic carbocycles. The van der Waals surface area contributed by atoms with Crippen molar-refractivity contribution in [2.75, 3.05) is 10.6 Å². The van der Waals surface area contributed by atoms with Crippen molar-refractivity contribution in [1.29, 1.82) is 0 Å². The first kappa shape index (κ1) is 16.0. The molecule has 6 heteroatoms. The quantitative estimate of drug-likeness (QED) is 0.880. The largest absolute Gasteiger partial charge is 0.479 e. The highest BCUT2D eigenvalue weighted by molar-refractivity contribution is 6.30. The molecule has 0 saturated heterocycles. The van der Waals surface area contributed by atoms with Crippen molar-refractivity contribution >= 4 is 34.8 Å². The predicted molar refractivity (Wildman–Crippen MR) is 96.2 cm³/mol. The predicted octanol–water partition coefficient (Wildman–Crippen LogP) is 3.73. The number of carbonyl (C=O) groups excluding carboxylic acids is 2. The van der Waals surface area contributed by atoms with Crippen molar-refractivity contribution < 1.29 is 14.3 Å². The number of nitrogens with one attached hydrogen (secondary N) is 2. The summed E-state index contributed by atoms with van der Waals surface area (Å²) in [7, 11) is 0. The topological polar surface area (TPSA) is 67.4 Å². The minimum atomic E-state index is -0.521. The highest BCUT2D eigenvalue weighted by atomic mass is 35.5. The minimum absolute atomic E-state index is 0.0498. The fraction of sp³-hybridized carbons (Fsp3) is 0.263. The van der Waals surface area contributed by atoms with Gasteiger partial charge >= 0.3 is 0 Å². The van der Waals surface area contributed by atoms with Gasteiger partial charge in [0.25, 0.3) is 5.91 Å². The third-order valence-electron chi connectivity index (χ3n) is 4.75. The standard InChI is InChI=1S/C19H17ClN2O3/c1-11-17(23)22-15-10-14(6-7-16(15)25-11)21-18(24)19(8-9-19)12-2-4-13(20)5-3-12/h2-7,10-11H,8-9H2,1H3,(H,21,24)(H,22,23). The molecule has 1 aliphatic heterocycles. The zero-order valence-electron chi connectivity index (χ0n) is 13.6. The zero-order valence-corrected chi connectivity index (χ0v) is 14.4. The molecule has 25 heavy (non-hydrogen) atoms. The summed E-state index contributed by atoms with van der Waals surface area (Å²) in [5.74, 6) is 0.353. The molecule has 2 amide bonds. The summed E-state index contributed by atoms with van der Waals surface area (Å²) in [6, 6.07) is 12.7. The Morgan fingerprint density at radius 1 is 1.24 bits per heavy atom. The molecule has 128 valence electrons. The van der Waals surface area contributed by atoms with Gasteiger partial charge in [-0.3, -0.25) is 9.59 Å². The summed E-state index contributed by atoms with van der Waals surface area (Å²) in [5.41, 5.74) is 1.67. The Balaban J connectivity index is 1.54. The molecule has 0 spiro atoms. The van der Waals surface area contributed by atoms with Crippen LogP contribution in [0.15, 0.2) is 42.5 Å². The molecule has 1 fully saturated rings. The fourth-order valence-electron chi connectivity index (χ4n) is 3.08. The Morgan fingerprint density at radius 2 is 1.96 bits per heavy atom. The number of rotatable bonds is 3. The van der Waals surface area contributed by atoms with E-state index in [4.69, 9.17) is 16.3 Å². The Bertz CT molecular complexity index is 859. The average Bonchev–Trinajstić information content (AvgIpc) is 3.39. The smallest absolute Gasteiger partial charge is 0.265 e. The number of anilines is 2. The first-order chi connectivity index (χ1) is 12.0. The van der Waals surface area contributed by atoms with Crippen molar-refractivity contribution in [3.05, 3.63) is 53.1 Å². The van der Waals surface area contributed by atoms with Crippen LogP contribution in [0.25, 0.3) is 0 Å². The Hall–Kier alpha value is -2.53. The molecule has 1 atom stereocenters. The van der Waals surface area contributed by atoms with Gasteiger partial charge in [-0.1, -0.05) is 23.7 Å². The number of carbonyl (C=O) groups is 2. The van der Waals surface area contributed by atoms with Gasteiger partial charge in [0.05, 0.1) is 11.1 Å². The molecule has 2 aromatic rings. The van der Waals surface area contributed by atoms with E-state index in [0.29, 0.717) is 22.1 Å². The third-order valence-corrected chi connectivity index (χ3v) is 5.00. The highest BCUT2D eigenvalue weighted by Gasteiger charge is 2.51. The van der Waals surface area contributed by atoms with E-state index in [9.17, 15) is 9.59 Å². The Kier molecular flexibility index (Phi) is 3.69. The van der Waals surface area contributed by atoms with Crippen molar-refractivity contribution in [2.45, 2.75) is 31.3 Å². The van der Waals surface area contributed by atoms with E-state index in [1.807, 2.05) is 12.1 Å². The Labute approximate surface area is 150 Å². The van der Waals surface area contributed by atoms with Crippen LogP contribution in [-0.4, -0.2) is 17.9 Å². The molecule has 1 aliphatic carbocycles. The second kappa shape index (κ2) is 5.77. The summed E-state index contributed by atoms with van der Waals surface area (Å²) in [5, 5.41) is 6.39. The van der Waals surface area contributed by atoms with Gasteiger partial charge in [-0.05, 0) is 55.7 Å². The van der Waals surface area contributed by atoms with Gasteiger partial charge in [0.15, 0.2) is 6.10 Å². The van der Waals surface area contributed by atoms with E-state index >= 15 is 0 Å². The van der Waals surface area contributed by atoms with Crippen molar-refractivity contribution in [2.24, 2.45) is 0 Å². The second-order valence-electron chi connectivity index (χ2n) is 6.50. The van der Waals surface area contributed by atoms with Gasteiger partial charge in [-0.25, -0.2) is 0 Å². The molecule has 0 radical (unpaired) electrons. The maximum atomic E-state index is 12.8. The summed E-state index contributed by atoms with van der Waals surface area (Å²) in [6.07, 6.45) is 1.10.